The maximum Gasteiger partial charge on any atom is 0.573 e. The summed E-state index contributed by atoms with van der Waals surface area (Å²) in [6, 6.07) is 12.3. The number of pyridine rings is 1. The van der Waals surface area contributed by atoms with Crippen LogP contribution in [0.15, 0.2) is 71.9 Å². The van der Waals surface area contributed by atoms with E-state index in [0.29, 0.717) is 12.0 Å². The predicted octanol–water partition coefficient (Wildman–Crippen LogP) is 3.82. The van der Waals surface area contributed by atoms with Crippen molar-refractivity contribution in [3.05, 3.63) is 78.1 Å². The van der Waals surface area contributed by atoms with E-state index in [-0.39, 0.29) is 23.0 Å². The molecule has 0 aliphatic carbocycles. The molecule has 1 aliphatic rings. The number of nitrogens with one attached hydrogen (secondary N) is 3. The number of para-hydroxylation sites is 2. The zero-order chi connectivity index (χ0) is 25.3. The largest absolute Gasteiger partial charge is 0.573 e. The van der Waals surface area contributed by atoms with Gasteiger partial charge in [0, 0.05) is 31.0 Å². The summed E-state index contributed by atoms with van der Waals surface area (Å²) in [7, 11) is -4.19. The molecule has 0 bridgehead atoms. The molecule has 35 heavy (non-hydrogen) atoms. The number of fused-ring (bicyclic) bond motifs is 1. The summed E-state index contributed by atoms with van der Waals surface area (Å²) in [5.74, 6) is -0.900. The Hall–Kier alpha value is -3.80. The van der Waals surface area contributed by atoms with Crippen molar-refractivity contribution >= 4 is 27.3 Å². The van der Waals surface area contributed by atoms with Crippen LogP contribution in [0.2, 0.25) is 0 Å². The molecule has 3 N–H and O–H groups in total. The summed E-state index contributed by atoms with van der Waals surface area (Å²) in [6.45, 7) is 1.94. The standard InChI is InChI=1S/C23H21F3N4O4S/c1-22(12-16-14-27-11-10-18(16)29-22)21(31)28-13-15-6-8-17(9-7-15)35(32,33)30-19-4-2-3-5-20(19)34-23(24,25)26/h2-11,14,29-30H,12-13H2,1H3,(H,28,31). The van der Waals surface area contributed by atoms with Crippen molar-refractivity contribution in [2.45, 2.75) is 36.7 Å². The van der Waals surface area contributed by atoms with E-state index in [4.69, 9.17) is 0 Å². The van der Waals surface area contributed by atoms with E-state index >= 15 is 0 Å². The lowest BCUT2D eigenvalue weighted by Gasteiger charge is -2.24. The van der Waals surface area contributed by atoms with Crippen molar-refractivity contribution in [2.75, 3.05) is 10.0 Å². The number of nitrogens with zero attached hydrogens (tertiary/aromatic N) is 1. The van der Waals surface area contributed by atoms with Crippen molar-refractivity contribution in [1.29, 1.82) is 0 Å². The second-order valence-electron chi connectivity index (χ2n) is 8.14. The number of carbonyl (C=O) groups is 1. The smallest absolute Gasteiger partial charge is 0.404 e. The van der Waals surface area contributed by atoms with Gasteiger partial charge in [-0.3, -0.25) is 14.5 Å². The van der Waals surface area contributed by atoms with Crippen LogP contribution in [0.1, 0.15) is 18.1 Å². The molecular weight excluding hydrogens is 485 g/mol. The molecule has 12 heteroatoms. The molecule has 0 radical (unpaired) electrons. The fourth-order valence-electron chi connectivity index (χ4n) is 3.68. The molecule has 1 amide bonds. The molecule has 3 aromatic rings. The zero-order valence-corrected chi connectivity index (χ0v) is 19.2. The van der Waals surface area contributed by atoms with Crippen LogP contribution in [-0.2, 0) is 27.8 Å². The molecule has 0 saturated carbocycles. The third kappa shape index (κ3) is 5.65. The van der Waals surface area contributed by atoms with Gasteiger partial charge in [-0.15, -0.1) is 13.2 Å². The van der Waals surface area contributed by atoms with Crippen LogP contribution >= 0.6 is 0 Å². The molecular formula is C23H21F3N4O4S. The Morgan fingerprint density at radius 2 is 1.86 bits per heavy atom. The number of carbonyl (C=O) groups excluding carboxylic acids is 1. The molecule has 1 unspecified atom stereocenters. The van der Waals surface area contributed by atoms with E-state index < -0.39 is 27.7 Å². The van der Waals surface area contributed by atoms with Crippen LogP contribution in [0.5, 0.6) is 5.75 Å². The van der Waals surface area contributed by atoms with Gasteiger partial charge in [-0.05, 0) is 48.4 Å². The first-order valence-electron chi connectivity index (χ1n) is 10.4. The quantitative estimate of drug-likeness (QED) is 0.450. The van der Waals surface area contributed by atoms with Crippen LogP contribution in [0.25, 0.3) is 0 Å². The lowest BCUT2D eigenvalue weighted by Crippen LogP contribution is -2.48. The highest BCUT2D eigenvalue weighted by Crippen LogP contribution is 2.32. The Morgan fingerprint density at radius 1 is 1.14 bits per heavy atom. The van der Waals surface area contributed by atoms with Crippen molar-refractivity contribution in [2.24, 2.45) is 0 Å². The fraction of sp³-hybridized carbons (Fsp3) is 0.217. The molecule has 8 nitrogen and oxygen atoms in total. The van der Waals surface area contributed by atoms with Gasteiger partial charge in [0.25, 0.3) is 10.0 Å². The number of halogens is 3. The summed E-state index contributed by atoms with van der Waals surface area (Å²) in [5, 5.41) is 6.03. The second kappa shape index (κ2) is 9.10. The van der Waals surface area contributed by atoms with E-state index in [1.165, 1.54) is 36.4 Å². The Labute approximate surface area is 199 Å². The number of hydrogen-bond donors (Lipinski definition) is 3. The maximum atomic E-state index is 12.8. The number of ether oxygens (including phenoxy) is 1. The average Bonchev–Trinajstić information content (AvgIpc) is 3.15. The number of anilines is 2. The minimum Gasteiger partial charge on any atom is -0.404 e. The Kier molecular flexibility index (Phi) is 6.32. The highest BCUT2D eigenvalue weighted by atomic mass is 32.2. The van der Waals surface area contributed by atoms with E-state index in [9.17, 15) is 26.4 Å². The highest BCUT2D eigenvalue weighted by Gasteiger charge is 2.39. The molecule has 1 atom stereocenters. The SMILES string of the molecule is CC1(C(=O)NCc2ccc(S(=O)(=O)Nc3ccccc3OC(F)(F)F)cc2)Cc2cnccc2N1. The second-order valence-corrected chi connectivity index (χ2v) is 9.83. The van der Waals surface area contributed by atoms with Gasteiger partial charge in [0.2, 0.25) is 5.91 Å². The first-order valence-corrected chi connectivity index (χ1v) is 11.9. The number of hydrogen-bond acceptors (Lipinski definition) is 6. The van der Waals surface area contributed by atoms with Crippen molar-refractivity contribution in [1.82, 2.24) is 10.3 Å². The van der Waals surface area contributed by atoms with Crippen LogP contribution in [-0.4, -0.2) is 31.2 Å². The van der Waals surface area contributed by atoms with Crippen molar-refractivity contribution in [3.8, 4) is 5.75 Å². The van der Waals surface area contributed by atoms with Gasteiger partial charge < -0.3 is 15.4 Å². The summed E-state index contributed by atoms with van der Waals surface area (Å²) < 4.78 is 69.2. The molecule has 0 saturated heterocycles. The predicted molar refractivity (Wildman–Crippen MR) is 122 cm³/mol. The van der Waals surface area contributed by atoms with E-state index in [0.717, 1.165) is 23.4 Å². The molecule has 0 spiro atoms. The molecule has 184 valence electrons. The molecule has 1 aromatic heterocycles. The Balaban J connectivity index is 1.40. The molecule has 2 heterocycles. The van der Waals surface area contributed by atoms with Gasteiger partial charge >= 0.3 is 6.36 Å². The minimum absolute atomic E-state index is 0.153. The van der Waals surface area contributed by atoms with Gasteiger partial charge in [-0.1, -0.05) is 24.3 Å². The Bertz CT molecular complexity index is 1320. The fourth-order valence-corrected chi connectivity index (χ4v) is 4.75. The molecule has 0 fully saturated rings. The summed E-state index contributed by atoms with van der Waals surface area (Å²) in [4.78, 5) is 16.7. The van der Waals surface area contributed by atoms with Gasteiger partial charge in [-0.25, -0.2) is 8.42 Å². The van der Waals surface area contributed by atoms with E-state index in [2.05, 4.69) is 25.1 Å². The molecule has 2 aromatic carbocycles. The Morgan fingerprint density at radius 3 is 2.54 bits per heavy atom. The average molecular weight is 507 g/mol. The van der Waals surface area contributed by atoms with Crippen LogP contribution in [0.4, 0.5) is 24.5 Å². The zero-order valence-electron chi connectivity index (χ0n) is 18.4. The van der Waals surface area contributed by atoms with Crippen LogP contribution < -0.4 is 20.1 Å². The van der Waals surface area contributed by atoms with Gasteiger partial charge in [-0.2, -0.15) is 0 Å². The topological polar surface area (TPSA) is 109 Å². The molecule has 1 aliphatic heterocycles. The number of rotatable bonds is 7. The van der Waals surface area contributed by atoms with Gasteiger partial charge in [0.05, 0.1) is 10.6 Å². The van der Waals surface area contributed by atoms with Gasteiger partial charge in [0.1, 0.15) is 5.54 Å². The van der Waals surface area contributed by atoms with Crippen molar-refractivity contribution < 1.29 is 31.1 Å². The van der Waals surface area contributed by atoms with Crippen LogP contribution in [0, 0.1) is 0 Å². The minimum atomic E-state index is -4.97. The van der Waals surface area contributed by atoms with Crippen LogP contribution in [0.3, 0.4) is 0 Å². The third-order valence-electron chi connectivity index (χ3n) is 5.40. The van der Waals surface area contributed by atoms with E-state index in [1.54, 1.807) is 25.4 Å². The normalized spacial score (nSPS) is 17.3. The number of alkyl halides is 3. The molecule has 4 rings (SSSR count). The maximum absolute atomic E-state index is 12.8. The number of aromatic nitrogens is 1. The lowest BCUT2D eigenvalue weighted by atomic mass is 9.97. The summed E-state index contributed by atoms with van der Waals surface area (Å²) in [6.07, 6.45) is -1.15. The monoisotopic (exact) mass is 506 g/mol. The van der Waals surface area contributed by atoms with Gasteiger partial charge in [0.15, 0.2) is 5.75 Å². The first kappa shape index (κ1) is 24.3. The number of amides is 1. The number of sulfonamides is 1. The highest BCUT2D eigenvalue weighted by molar-refractivity contribution is 7.92. The van der Waals surface area contributed by atoms with Crippen molar-refractivity contribution in [3.63, 3.8) is 0 Å². The number of benzene rings is 2. The first-order chi connectivity index (χ1) is 16.5. The third-order valence-corrected chi connectivity index (χ3v) is 6.78. The summed E-state index contributed by atoms with van der Waals surface area (Å²) in [5.41, 5.74) is 1.23. The lowest BCUT2D eigenvalue weighted by molar-refractivity contribution is -0.274. The van der Waals surface area contributed by atoms with E-state index in [1.807, 2.05) is 0 Å². The summed E-state index contributed by atoms with van der Waals surface area (Å²) >= 11 is 0.